The van der Waals surface area contributed by atoms with Crippen LogP contribution in [0, 0.1) is 5.92 Å². The van der Waals surface area contributed by atoms with E-state index in [1.165, 1.54) is 11.1 Å². The molecule has 2 aliphatic heterocycles. The molecule has 4 heteroatoms. The fourth-order valence-corrected chi connectivity index (χ4v) is 3.96. The van der Waals surface area contributed by atoms with E-state index in [1.54, 1.807) is 0 Å². The first-order valence-corrected chi connectivity index (χ1v) is 7.63. The molecule has 1 atom stereocenters. The number of benzene rings is 1. The van der Waals surface area contributed by atoms with Crippen molar-refractivity contribution >= 4 is 23.4 Å². The molecule has 1 aromatic carbocycles. The van der Waals surface area contributed by atoms with Crippen molar-refractivity contribution < 1.29 is 4.79 Å². The summed E-state index contributed by atoms with van der Waals surface area (Å²) in [6, 6.07) is 6.06. The number of nitrogens with two attached hydrogens (primary N) is 1. The van der Waals surface area contributed by atoms with Gasteiger partial charge in [0.15, 0.2) is 0 Å². The molecule has 1 unspecified atom stereocenters. The molecule has 2 N–H and O–H groups in total. The molecule has 3 nitrogen and oxygen atoms in total. The molecule has 1 saturated heterocycles. The van der Waals surface area contributed by atoms with E-state index < -0.39 is 0 Å². The van der Waals surface area contributed by atoms with E-state index in [2.05, 4.69) is 6.07 Å². The van der Waals surface area contributed by atoms with Gasteiger partial charge in [-0.25, -0.2) is 0 Å². The SMILES string of the molecule is Nc1ccc2c(c1)CN(C(=O)C1CCSC1)CC2. The molecule has 0 spiro atoms. The number of carbonyl (C=O) groups excluding carboxylic acids is 1. The molecule has 18 heavy (non-hydrogen) atoms. The smallest absolute Gasteiger partial charge is 0.226 e. The van der Waals surface area contributed by atoms with Gasteiger partial charge in [0, 0.05) is 30.4 Å². The number of hydrogen-bond acceptors (Lipinski definition) is 3. The molecule has 0 aliphatic carbocycles. The highest BCUT2D eigenvalue weighted by molar-refractivity contribution is 7.99. The van der Waals surface area contributed by atoms with Gasteiger partial charge in [-0.05, 0) is 41.9 Å². The molecule has 0 radical (unpaired) electrons. The number of nitrogen functional groups attached to an aromatic ring is 1. The molecule has 0 aromatic heterocycles. The number of fused-ring (bicyclic) bond motifs is 1. The molecule has 0 bridgehead atoms. The fourth-order valence-electron chi connectivity index (χ4n) is 2.75. The second kappa shape index (κ2) is 4.84. The summed E-state index contributed by atoms with van der Waals surface area (Å²) in [5, 5.41) is 0. The summed E-state index contributed by atoms with van der Waals surface area (Å²) in [6.45, 7) is 1.59. The summed E-state index contributed by atoms with van der Waals surface area (Å²) < 4.78 is 0. The second-order valence-electron chi connectivity index (χ2n) is 5.10. The van der Waals surface area contributed by atoms with Crippen LogP contribution in [-0.2, 0) is 17.8 Å². The van der Waals surface area contributed by atoms with E-state index in [-0.39, 0.29) is 5.92 Å². The van der Waals surface area contributed by atoms with Crippen molar-refractivity contribution in [3.05, 3.63) is 29.3 Å². The fraction of sp³-hybridized carbons (Fsp3) is 0.500. The van der Waals surface area contributed by atoms with Crippen molar-refractivity contribution in [2.75, 3.05) is 23.8 Å². The van der Waals surface area contributed by atoms with E-state index in [1.807, 2.05) is 28.8 Å². The van der Waals surface area contributed by atoms with Crippen LogP contribution in [-0.4, -0.2) is 28.9 Å². The molecule has 3 rings (SSSR count). The van der Waals surface area contributed by atoms with Crippen molar-refractivity contribution in [2.45, 2.75) is 19.4 Å². The molecular weight excluding hydrogens is 244 g/mol. The minimum Gasteiger partial charge on any atom is -0.399 e. The predicted molar refractivity (Wildman–Crippen MR) is 75.4 cm³/mol. The van der Waals surface area contributed by atoms with Crippen molar-refractivity contribution in [3.8, 4) is 0 Å². The summed E-state index contributed by atoms with van der Waals surface area (Å²) in [4.78, 5) is 14.4. The highest BCUT2D eigenvalue weighted by Gasteiger charge is 2.29. The number of anilines is 1. The van der Waals surface area contributed by atoms with E-state index in [0.717, 1.165) is 43.1 Å². The Balaban J connectivity index is 1.75. The van der Waals surface area contributed by atoms with Crippen molar-refractivity contribution in [1.82, 2.24) is 4.90 Å². The van der Waals surface area contributed by atoms with Gasteiger partial charge in [0.25, 0.3) is 0 Å². The lowest BCUT2D eigenvalue weighted by molar-refractivity contribution is -0.135. The summed E-state index contributed by atoms with van der Waals surface area (Å²) >= 11 is 1.90. The van der Waals surface area contributed by atoms with Crippen LogP contribution in [0.4, 0.5) is 5.69 Å². The zero-order chi connectivity index (χ0) is 12.5. The Kier molecular flexibility index (Phi) is 3.20. The van der Waals surface area contributed by atoms with Crippen LogP contribution in [0.25, 0.3) is 0 Å². The second-order valence-corrected chi connectivity index (χ2v) is 6.25. The van der Waals surface area contributed by atoms with Gasteiger partial charge in [0.05, 0.1) is 0 Å². The quantitative estimate of drug-likeness (QED) is 0.786. The minimum absolute atomic E-state index is 0.248. The van der Waals surface area contributed by atoms with Gasteiger partial charge < -0.3 is 10.6 Å². The molecule has 1 aromatic rings. The summed E-state index contributed by atoms with van der Waals surface area (Å²) in [7, 11) is 0. The summed E-state index contributed by atoms with van der Waals surface area (Å²) in [5.41, 5.74) is 9.17. The lowest BCUT2D eigenvalue weighted by Crippen LogP contribution is -2.39. The van der Waals surface area contributed by atoms with E-state index in [9.17, 15) is 4.79 Å². The maximum atomic E-state index is 12.4. The van der Waals surface area contributed by atoms with Crippen molar-refractivity contribution in [1.29, 1.82) is 0 Å². The van der Waals surface area contributed by atoms with Gasteiger partial charge in [-0.1, -0.05) is 6.07 Å². The Morgan fingerprint density at radius 2 is 2.28 bits per heavy atom. The molecule has 0 saturated carbocycles. The van der Waals surface area contributed by atoms with E-state index in [4.69, 9.17) is 5.73 Å². The van der Waals surface area contributed by atoms with E-state index in [0.29, 0.717) is 5.91 Å². The van der Waals surface area contributed by atoms with Crippen molar-refractivity contribution in [3.63, 3.8) is 0 Å². The van der Waals surface area contributed by atoms with Gasteiger partial charge in [-0.15, -0.1) is 0 Å². The van der Waals surface area contributed by atoms with Crippen LogP contribution in [0.5, 0.6) is 0 Å². The van der Waals surface area contributed by atoms with E-state index >= 15 is 0 Å². The normalized spacial score (nSPS) is 22.9. The lowest BCUT2D eigenvalue weighted by Gasteiger charge is -2.31. The molecular formula is C14H18N2OS. The number of thioether (sulfide) groups is 1. The highest BCUT2D eigenvalue weighted by Crippen LogP contribution is 2.28. The molecule has 1 fully saturated rings. The first kappa shape index (κ1) is 11.9. The first-order chi connectivity index (χ1) is 8.74. The van der Waals surface area contributed by atoms with Gasteiger partial charge in [-0.2, -0.15) is 11.8 Å². The third-order valence-electron chi connectivity index (χ3n) is 3.83. The number of amides is 1. The Morgan fingerprint density at radius 1 is 1.39 bits per heavy atom. The molecule has 2 heterocycles. The standard InChI is InChI=1S/C14H18N2OS/c15-13-2-1-10-3-5-16(8-12(10)7-13)14(17)11-4-6-18-9-11/h1-2,7,11H,3-6,8-9,15H2. The van der Waals surface area contributed by atoms with Gasteiger partial charge in [0.2, 0.25) is 5.91 Å². The Hall–Kier alpha value is -1.16. The Morgan fingerprint density at radius 3 is 3.06 bits per heavy atom. The maximum Gasteiger partial charge on any atom is 0.226 e. The minimum atomic E-state index is 0.248. The first-order valence-electron chi connectivity index (χ1n) is 6.48. The number of carbonyl (C=O) groups is 1. The third kappa shape index (κ3) is 2.21. The maximum absolute atomic E-state index is 12.4. The zero-order valence-corrected chi connectivity index (χ0v) is 11.2. The van der Waals surface area contributed by atoms with Crippen LogP contribution in [0.15, 0.2) is 18.2 Å². The topological polar surface area (TPSA) is 46.3 Å². The number of hydrogen-bond donors (Lipinski definition) is 1. The van der Waals surface area contributed by atoms with Crippen molar-refractivity contribution in [2.24, 2.45) is 5.92 Å². The average molecular weight is 262 g/mol. The Labute approximate surface area is 112 Å². The summed E-state index contributed by atoms with van der Waals surface area (Å²) in [6.07, 6.45) is 2.00. The number of rotatable bonds is 1. The van der Waals surface area contributed by atoms with Crippen LogP contribution in [0.1, 0.15) is 17.5 Å². The number of nitrogens with zero attached hydrogens (tertiary/aromatic N) is 1. The average Bonchev–Trinajstić information content (AvgIpc) is 2.90. The molecule has 96 valence electrons. The Bertz CT molecular complexity index is 469. The molecule has 2 aliphatic rings. The van der Waals surface area contributed by atoms with Crippen LogP contribution < -0.4 is 5.73 Å². The summed E-state index contributed by atoms with van der Waals surface area (Å²) in [5.74, 6) is 2.72. The van der Waals surface area contributed by atoms with Gasteiger partial charge >= 0.3 is 0 Å². The third-order valence-corrected chi connectivity index (χ3v) is 5.00. The zero-order valence-electron chi connectivity index (χ0n) is 10.4. The highest BCUT2D eigenvalue weighted by atomic mass is 32.2. The lowest BCUT2D eigenvalue weighted by atomic mass is 9.97. The predicted octanol–water partition coefficient (Wildman–Crippen LogP) is 1.91. The van der Waals surface area contributed by atoms with Gasteiger partial charge in [0.1, 0.15) is 0 Å². The largest absolute Gasteiger partial charge is 0.399 e. The van der Waals surface area contributed by atoms with Crippen LogP contribution in [0.2, 0.25) is 0 Å². The van der Waals surface area contributed by atoms with Crippen LogP contribution >= 0.6 is 11.8 Å². The monoisotopic (exact) mass is 262 g/mol. The van der Waals surface area contributed by atoms with Crippen LogP contribution in [0.3, 0.4) is 0 Å². The molecule has 1 amide bonds. The van der Waals surface area contributed by atoms with Gasteiger partial charge in [-0.3, -0.25) is 4.79 Å².